The number of benzene rings is 2. The number of nitrogens with zero attached hydrogens (tertiary/aromatic N) is 3. The Hall–Kier alpha value is -4.12. The lowest BCUT2D eigenvalue weighted by Crippen LogP contribution is -2.19. The molecule has 0 atom stereocenters. The molecule has 4 aromatic rings. The number of methoxy groups -OCH3 is 1. The van der Waals surface area contributed by atoms with Crippen LogP contribution in [0, 0.1) is 0 Å². The van der Waals surface area contributed by atoms with Crippen molar-refractivity contribution in [2.75, 3.05) is 19.5 Å². The minimum Gasteiger partial charge on any atom is -0.496 e. The maximum Gasteiger partial charge on any atom is 0.420 e. The van der Waals surface area contributed by atoms with E-state index in [1.54, 1.807) is 37.4 Å². The van der Waals surface area contributed by atoms with Crippen LogP contribution in [-0.2, 0) is 12.7 Å². The first-order valence-corrected chi connectivity index (χ1v) is 10.1. The molecular formula is C23H20F3N5O3. The highest BCUT2D eigenvalue weighted by Crippen LogP contribution is 2.37. The van der Waals surface area contributed by atoms with Crippen molar-refractivity contribution in [3.63, 3.8) is 0 Å². The summed E-state index contributed by atoms with van der Waals surface area (Å²) >= 11 is 0. The van der Waals surface area contributed by atoms with Crippen LogP contribution in [0.3, 0.4) is 0 Å². The van der Waals surface area contributed by atoms with Crippen LogP contribution in [0.15, 0.2) is 61.1 Å². The predicted octanol–water partition coefficient (Wildman–Crippen LogP) is 5.05. The van der Waals surface area contributed by atoms with Crippen LogP contribution in [0.1, 0.15) is 11.3 Å². The molecule has 0 bridgehead atoms. The zero-order chi connectivity index (χ0) is 24.3. The van der Waals surface area contributed by atoms with Gasteiger partial charge in [0.05, 0.1) is 23.9 Å². The smallest absolute Gasteiger partial charge is 0.420 e. The highest BCUT2D eigenvalue weighted by atomic mass is 19.4. The molecule has 0 radical (unpaired) electrons. The summed E-state index contributed by atoms with van der Waals surface area (Å²) < 4.78 is 51.7. The maximum atomic E-state index is 13.3. The third-order valence-electron chi connectivity index (χ3n) is 4.92. The van der Waals surface area contributed by atoms with Crippen LogP contribution in [0.25, 0.3) is 10.9 Å². The van der Waals surface area contributed by atoms with Gasteiger partial charge in [0, 0.05) is 29.9 Å². The third kappa shape index (κ3) is 4.94. The summed E-state index contributed by atoms with van der Waals surface area (Å²) in [5, 5.41) is 6.18. The molecule has 0 unspecified atom stereocenters. The van der Waals surface area contributed by atoms with Crippen molar-refractivity contribution < 1.29 is 27.4 Å². The van der Waals surface area contributed by atoms with Crippen molar-refractivity contribution >= 4 is 22.6 Å². The van der Waals surface area contributed by atoms with E-state index >= 15 is 0 Å². The third-order valence-corrected chi connectivity index (χ3v) is 4.92. The van der Waals surface area contributed by atoms with Crippen molar-refractivity contribution in [3.8, 4) is 17.4 Å². The van der Waals surface area contributed by atoms with E-state index in [0.717, 1.165) is 24.9 Å². The Kier molecular flexibility index (Phi) is 6.37. The van der Waals surface area contributed by atoms with E-state index in [9.17, 15) is 18.0 Å². The molecule has 2 aromatic carbocycles. The molecule has 1 amide bonds. The van der Waals surface area contributed by atoms with Gasteiger partial charge in [-0.3, -0.25) is 4.57 Å². The van der Waals surface area contributed by atoms with Gasteiger partial charge in [-0.25, -0.2) is 14.8 Å². The molecule has 0 saturated carbocycles. The Bertz CT molecular complexity index is 1340. The molecule has 2 heterocycles. The lowest BCUT2D eigenvalue weighted by molar-refractivity contribution is -0.138. The van der Waals surface area contributed by atoms with Gasteiger partial charge in [0.1, 0.15) is 17.8 Å². The fourth-order valence-corrected chi connectivity index (χ4v) is 3.38. The van der Waals surface area contributed by atoms with E-state index in [1.807, 2.05) is 0 Å². The lowest BCUT2D eigenvalue weighted by atomic mass is 10.1. The summed E-state index contributed by atoms with van der Waals surface area (Å²) in [7, 11) is 2.96. The first-order valence-electron chi connectivity index (χ1n) is 10.1. The highest BCUT2D eigenvalue weighted by Gasteiger charge is 2.34. The van der Waals surface area contributed by atoms with Gasteiger partial charge >= 0.3 is 12.2 Å². The molecule has 0 aliphatic carbocycles. The normalized spacial score (nSPS) is 11.4. The van der Waals surface area contributed by atoms with Crippen molar-refractivity contribution in [2.24, 2.45) is 0 Å². The van der Waals surface area contributed by atoms with Crippen LogP contribution < -0.4 is 20.1 Å². The molecule has 0 saturated heterocycles. The van der Waals surface area contributed by atoms with Crippen LogP contribution in [0.2, 0.25) is 0 Å². The first kappa shape index (κ1) is 23.1. The first-order chi connectivity index (χ1) is 16.3. The Morgan fingerprint density at radius 1 is 1.09 bits per heavy atom. The van der Waals surface area contributed by atoms with Crippen molar-refractivity contribution in [2.45, 2.75) is 12.7 Å². The zero-order valence-corrected chi connectivity index (χ0v) is 18.2. The van der Waals surface area contributed by atoms with Crippen LogP contribution in [0.4, 0.5) is 23.7 Å². The number of carbonyl (C=O) groups is 1. The number of alkyl halides is 3. The highest BCUT2D eigenvalue weighted by molar-refractivity contribution is 5.98. The summed E-state index contributed by atoms with van der Waals surface area (Å²) in [6, 6.07) is 11.2. The average molecular weight is 471 g/mol. The topological polar surface area (TPSA) is 90.3 Å². The van der Waals surface area contributed by atoms with Crippen LogP contribution >= 0.6 is 0 Å². The molecule has 8 nitrogen and oxygen atoms in total. The van der Waals surface area contributed by atoms with Gasteiger partial charge in [-0.05, 0) is 49.5 Å². The van der Waals surface area contributed by atoms with Gasteiger partial charge < -0.3 is 20.1 Å². The lowest BCUT2D eigenvalue weighted by Gasteiger charge is -2.14. The largest absolute Gasteiger partial charge is 0.496 e. The number of aromatic nitrogens is 3. The van der Waals surface area contributed by atoms with Gasteiger partial charge in [-0.1, -0.05) is 0 Å². The molecule has 11 heteroatoms. The summed E-state index contributed by atoms with van der Waals surface area (Å²) in [6.07, 6.45) is -1.70. The number of fused-ring (bicyclic) bond motifs is 1. The second-order valence-electron chi connectivity index (χ2n) is 7.23. The Morgan fingerprint density at radius 3 is 2.65 bits per heavy atom. The molecule has 0 spiro atoms. The molecular weight excluding hydrogens is 451 g/mol. The van der Waals surface area contributed by atoms with Gasteiger partial charge in [-0.15, -0.1) is 0 Å². The van der Waals surface area contributed by atoms with Crippen molar-refractivity contribution in [1.82, 2.24) is 19.9 Å². The Labute approximate surface area is 192 Å². The molecule has 2 N–H and O–H groups in total. The number of anilines is 1. The molecule has 0 aliphatic heterocycles. The van der Waals surface area contributed by atoms with E-state index in [-0.39, 0.29) is 11.4 Å². The number of nitrogens with one attached hydrogen (secondary N) is 2. The second kappa shape index (κ2) is 9.40. The number of amides is 1. The van der Waals surface area contributed by atoms with E-state index in [2.05, 4.69) is 20.6 Å². The van der Waals surface area contributed by atoms with Gasteiger partial charge in [-0.2, -0.15) is 13.2 Å². The SMILES string of the molecule is CNCc1cc(Oc2ccc3c(ccn3C(=O)Nc3ccc(OC)c(C(F)(F)F)c3)c2)ncn1. The number of rotatable bonds is 6. The fraction of sp³-hybridized carbons (Fsp3) is 0.174. The minimum atomic E-state index is -4.62. The number of carbonyl (C=O) groups excluding carboxylic acids is 1. The number of hydrogen-bond donors (Lipinski definition) is 2. The average Bonchev–Trinajstić information content (AvgIpc) is 3.22. The molecule has 34 heavy (non-hydrogen) atoms. The molecule has 4 rings (SSSR count). The number of hydrogen-bond acceptors (Lipinski definition) is 6. The number of ether oxygens (including phenoxy) is 2. The molecule has 0 aliphatic rings. The fourth-order valence-electron chi connectivity index (χ4n) is 3.38. The summed E-state index contributed by atoms with van der Waals surface area (Å²) in [6.45, 7) is 0.564. The quantitative estimate of drug-likeness (QED) is 0.409. The maximum absolute atomic E-state index is 13.3. The zero-order valence-electron chi connectivity index (χ0n) is 18.2. The summed E-state index contributed by atoms with van der Waals surface area (Å²) in [5.41, 5.74) is 0.326. The predicted molar refractivity (Wildman–Crippen MR) is 119 cm³/mol. The van der Waals surface area contributed by atoms with Crippen LogP contribution in [0.5, 0.6) is 17.4 Å². The number of halogens is 3. The molecule has 0 fully saturated rings. The van der Waals surface area contributed by atoms with E-state index in [1.165, 1.54) is 23.2 Å². The van der Waals surface area contributed by atoms with Gasteiger partial charge in [0.2, 0.25) is 5.88 Å². The Balaban J connectivity index is 1.54. The van der Waals surface area contributed by atoms with Crippen molar-refractivity contribution in [3.05, 3.63) is 72.3 Å². The van der Waals surface area contributed by atoms with Crippen LogP contribution in [-0.4, -0.2) is 34.7 Å². The minimum absolute atomic E-state index is 0.0129. The second-order valence-corrected chi connectivity index (χ2v) is 7.23. The standard InChI is InChI=1S/C23H20F3N5O3/c1-27-12-16-11-21(29-13-28-16)34-17-4-5-19-14(9-17)7-8-31(19)22(32)30-15-3-6-20(33-2)18(10-15)23(24,25)26/h3-11,13,27H,12H2,1-2H3,(H,30,32). The Morgan fingerprint density at radius 2 is 1.91 bits per heavy atom. The molecule has 2 aromatic heterocycles. The van der Waals surface area contributed by atoms with E-state index in [4.69, 9.17) is 9.47 Å². The molecule has 176 valence electrons. The van der Waals surface area contributed by atoms with Crippen molar-refractivity contribution in [1.29, 1.82) is 0 Å². The van der Waals surface area contributed by atoms with E-state index in [0.29, 0.717) is 29.1 Å². The monoisotopic (exact) mass is 471 g/mol. The summed E-state index contributed by atoms with van der Waals surface area (Å²) in [4.78, 5) is 21.0. The van der Waals surface area contributed by atoms with Gasteiger partial charge in [0.15, 0.2) is 0 Å². The van der Waals surface area contributed by atoms with E-state index < -0.39 is 17.8 Å². The van der Waals surface area contributed by atoms with Gasteiger partial charge in [0.25, 0.3) is 0 Å². The summed E-state index contributed by atoms with van der Waals surface area (Å²) in [5.74, 6) is 0.549.